The van der Waals surface area contributed by atoms with Crippen molar-refractivity contribution >= 4 is 0 Å². The first kappa shape index (κ1) is 13.1. The van der Waals surface area contributed by atoms with Crippen LogP contribution in [0.15, 0.2) is 18.2 Å². The van der Waals surface area contributed by atoms with Gasteiger partial charge in [-0.05, 0) is 30.4 Å². The third-order valence-electron chi connectivity index (χ3n) is 3.02. The minimum Gasteiger partial charge on any atom is -0.507 e. The van der Waals surface area contributed by atoms with Gasteiger partial charge in [0.2, 0.25) is 0 Å². The molecule has 0 fully saturated rings. The molecule has 0 saturated heterocycles. The summed E-state index contributed by atoms with van der Waals surface area (Å²) in [4.78, 5) is 0. The molecule has 1 rings (SSSR count). The summed E-state index contributed by atoms with van der Waals surface area (Å²) < 4.78 is 0. The van der Waals surface area contributed by atoms with Gasteiger partial charge in [-0.1, -0.05) is 57.7 Å². The second-order valence-electron chi connectivity index (χ2n) is 4.49. The Kier molecular flexibility index (Phi) is 5.99. The van der Waals surface area contributed by atoms with Crippen molar-refractivity contribution in [1.82, 2.24) is 0 Å². The van der Waals surface area contributed by atoms with Crippen LogP contribution < -0.4 is 0 Å². The van der Waals surface area contributed by atoms with Gasteiger partial charge in [-0.25, -0.2) is 0 Å². The Labute approximate surface area is 99.5 Å². The van der Waals surface area contributed by atoms with Gasteiger partial charge >= 0.3 is 0 Å². The van der Waals surface area contributed by atoms with E-state index in [9.17, 15) is 5.11 Å². The smallest absolute Gasteiger partial charge is 0.121 e. The van der Waals surface area contributed by atoms with Gasteiger partial charge in [0.1, 0.15) is 5.75 Å². The number of aryl methyl sites for hydroxylation is 2. The van der Waals surface area contributed by atoms with Crippen molar-refractivity contribution < 1.29 is 5.11 Å². The molecular weight excluding hydrogens is 196 g/mol. The molecule has 1 aromatic carbocycles. The zero-order chi connectivity index (χ0) is 11.8. The first-order valence-electron chi connectivity index (χ1n) is 6.59. The number of phenolic OH excluding ortho intramolecular Hbond substituents is 1. The highest BCUT2D eigenvalue weighted by molar-refractivity contribution is 5.40. The van der Waals surface area contributed by atoms with E-state index in [2.05, 4.69) is 26.0 Å². The van der Waals surface area contributed by atoms with Crippen molar-refractivity contribution in [3.05, 3.63) is 29.3 Å². The number of rotatable bonds is 7. The largest absolute Gasteiger partial charge is 0.507 e. The Hall–Kier alpha value is -0.980. The van der Waals surface area contributed by atoms with Crippen LogP contribution in [0.3, 0.4) is 0 Å². The van der Waals surface area contributed by atoms with Crippen molar-refractivity contribution in [3.63, 3.8) is 0 Å². The molecule has 0 bridgehead atoms. The quantitative estimate of drug-likeness (QED) is 0.672. The van der Waals surface area contributed by atoms with Gasteiger partial charge in [0.25, 0.3) is 0 Å². The highest BCUT2D eigenvalue weighted by Gasteiger charge is 2.05. The van der Waals surface area contributed by atoms with Crippen LogP contribution in [0.25, 0.3) is 0 Å². The van der Waals surface area contributed by atoms with Gasteiger partial charge in [-0.2, -0.15) is 0 Å². The fraction of sp³-hybridized carbons (Fsp3) is 0.600. The van der Waals surface area contributed by atoms with E-state index in [0.29, 0.717) is 5.75 Å². The molecule has 0 aliphatic heterocycles. The predicted molar refractivity (Wildman–Crippen MR) is 69.9 cm³/mol. The van der Waals surface area contributed by atoms with Gasteiger partial charge in [-0.3, -0.25) is 0 Å². The van der Waals surface area contributed by atoms with E-state index in [1.165, 1.54) is 25.7 Å². The molecule has 0 amide bonds. The molecule has 1 aromatic rings. The van der Waals surface area contributed by atoms with Gasteiger partial charge in [-0.15, -0.1) is 0 Å². The average molecular weight is 220 g/mol. The summed E-state index contributed by atoms with van der Waals surface area (Å²) in [5.41, 5.74) is 2.23. The number of phenols is 1. The van der Waals surface area contributed by atoms with Crippen LogP contribution in [-0.2, 0) is 12.8 Å². The highest BCUT2D eigenvalue weighted by atomic mass is 16.3. The lowest BCUT2D eigenvalue weighted by Gasteiger charge is -2.08. The van der Waals surface area contributed by atoms with Crippen LogP contribution in [0.2, 0.25) is 0 Å². The van der Waals surface area contributed by atoms with E-state index in [1.54, 1.807) is 0 Å². The van der Waals surface area contributed by atoms with Crippen LogP contribution in [0.1, 0.15) is 57.1 Å². The maximum absolute atomic E-state index is 10.1. The molecule has 16 heavy (non-hydrogen) atoms. The van der Waals surface area contributed by atoms with Crippen molar-refractivity contribution in [2.75, 3.05) is 0 Å². The van der Waals surface area contributed by atoms with Crippen LogP contribution >= 0.6 is 0 Å². The zero-order valence-electron chi connectivity index (χ0n) is 10.6. The van der Waals surface area contributed by atoms with E-state index in [0.717, 1.165) is 30.4 Å². The van der Waals surface area contributed by atoms with Crippen molar-refractivity contribution in [2.24, 2.45) is 0 Å². The molecule has 0 heterocycles. The monoisotopic (exact) mass is 220 g/mol. The third kappa shape index (κ3) is 3.88. The standard InChI is InChI=1S/C15H24O/c1-3-5-6-7-10-14-12-8-11-13(9-4-2)15(14)16/h8,11-12,16H,3-7,9-10H2,1-2H3. The van der Waals surface area contributed by atoms with Crippen molar-refractivity contribution in [3.8, 4) is 5.75 Å². The molecule has 1 N–H and O–H groups in total. The SMILES string of the molecule is CCCCCCc1cccc(CCC)c1O. The first-order valence-corrected chi connectivity index (χ1v) is 6.59. The normalized spacial score (nSPS) is 10.6. The number of para-hydroxylation sites is 1. The van der Waals surface area contributed by atoms with E-state index >= 15 is 0 Å². The first-order chi connectivity index (χ1) is 7.79. The highest BCUT2D eigenvalue weighted by Crippen LogP contribution is 2.25. The van der Waals surface area contributed by atoms with E-state index in [-0.39, 0.29) is 0 Å². The summed E-state index contributed by atoms with van der Waals surface area (Å²) in [5.74, 6) is 0.542. The Bertz CT molecular complexity index is 304. The summed E-state index contributed by atoms with van der Waals surface area (Å²) in [5, 5.41) is 10.1. The molecule has 90 valence electrons. The maximum atomic E-state index is 10.1. The summed E-state index contributed by atoms with van der Waals surface area (Å²) in [7, 11) is 0. The lowest BCUT2D eigenvalue weighted by atomic mass is 10.0. The topological polar surface area (TPSA) is 20.2 Å². The fourth-order valence-electron chi connectivity index (χ4n) is 2.06. The third-order valence-corrected chi connectivity index (χ3v) is 3.02. The number of hydrogen-bond acceptors (Lipinski definition) is 1. The van der Waals surface area contributed by atoms with Gasteiger partial charge < -0.3 is 5.11 Å². The second-order valence-corrected chi connectivity index (χ2v) is 4.49. The Balaban J connectivity index is 2.55. The fourth-order valence-corrected chi connectivity index (χ4v) is 2.06. The molecule has 1 heteroatoms. The molecule has 0 radical (unpaired) electrons. The number of unbranched alkanes of at least 4 members (excludes halogenated alkanes) is 3. The molecule has 0 atom stereocenters. The van der Waals surface area contributed by atoms with E-state index in [4.69, 9.17) is 0 Å². The molecule has 1 nitrogen and oxygen atoms in total. The number of aromatic hydroxyl groups is 1. The van der Waals surface area contributed by atoms with E-state index in [1.807, 2.05) is 6.07 Å². The molecule has 0 spiro atoms. The summed E-state index contributed by atoms with van der Waals surface area (Å²) in [6.45, 7) is 4.37. The summed E-state index contributed by atoms with van der Waals surface area (Å²) in [6.07, 6.45) is 8.12. The van der Waals surface area contributed by atoms with Crippen molar-refractivity contribution in [1.29, 1.82) is 0 Å². The molecule has 0 aliphatic rings. The molecular formula is C15H24O. The van der Waals surface area contributed by atoms with E-state index < -0.39 is 0 Å². The molecule has 0 saturated carbocycles. The van der Waals surface area contributed by atoms with Crippen LogP contribution in [0.5, 0.6) is 5.75 Å². The van der Waals surface area contributed by atoms with Gasteiger partial charge in [0.05, 0.1) is 0 Å². The Morgan fingerprint density at radius 2 is 1.56 bits per heavy atom. The maximum Gasteiger partial charge on any atom is 0.121 e. The average Bonchev–Trinajstić information content (AvgIpc) is 2.29. The lowest BCUT2D eigenvalue weighted by Crippen LogP contribution is -1.91. The van der Waals surface area contributed by atoms with Gasteiger partial charge in [0.15, 0.2) is 0 Å². The Morgan fingerprint density at radius 1 is 0.875 bits per heavy atom. The lowest BCUT2D eigenvalue weighted by molar-refractivity contribution is 0.458. The van der Waals surface area contributed by atoms with Crippen molar-refractivity contribution in [2.45, 2.75) is 58.8 Å². The molecule has 0 unspecified atom stereocenters. The van der Waals surface area contributed by atoms with Gasteiger partial charge in [0, 0.05) is 0 Å². The minimum atomic E-state index is 0.542. The van der Waals surface area contributed by atoms with Crippen LogP contribution in [0, 0.1) is 0 Å². The summed E-state index contributed by atoms with van der Waals surface area (Å²) in [6, 6.07) is 6.16. The summed E-state index contributed by atoms with van der Waals surface area (Å²) >= 11 is 0. The van der Waals surface area contributed by atoms with Crippen LogP contribution in [-0.4, -0.2) is 5.11 Å². The molecule has 0 aromatic heterocycles. The minimum absolute atomic E-state index is 0.542. The zero-order valence-corrected chi connectivity index (χ0v) is 10.6. The van der Waals surface area contributed by atoms with Crippen LogP contribution in [0.4, 0.5) is 0 Å². The Morgan fingerprint density at radius 3 is 2.19 bits per heavy atom. The number of hydrogen-bond donors (Lipinski definition) is 1. The molecule has 0 aliphatic carbocycles. The number of benzene rings is 1. The predicted octanol–water partition coefficient (Wildman–Crippen LogP) is 4.47. The second kappa shape index (κ2) is 7.32.